The predicted molar refractivity (Wildman–Crippen MR) is 136 cm³/mol. The number of likely N-dealkylation sites (tertiary alicyclic amines) is 1. The van der Waals surface area contributed by atoms with Crippen LogP contribution in [0.1, 0.15) is 29.5 Å². The zero-order chi connectivity index (χ0) is 24.4. The normalized spacial score (nSPS) is 18.8. The van der Waals surface area contributed by atoms with E-state index < -0.39 is 4.92 Å². The summed E-state index contributed by atoms with van der Waals surface area (Å²) in [5.74, 6) is -0.312. The number of rotatable bonds is 7. The number of nitrogens with one attached hydrogen (secondary N) is 2. The third-order valence-corrected chi connectivity index (χ3v) is 6.59. The van der Waals surface area contributed by atoms with Crippen LogP contribution in [0.3, 0.4) is 0 Å². The van der Waals surface area contributed by atoms with Gasteiger partial charge < -0.3 is 15.7 Å². The fraction of sp³-hybridized carbons (Fsp3) is 0.222. The first kappa shape index (κ1) is 22.8. The number of aliphatic hydroxyl groups excluding tert-OH is 1. The molecule has 3 N–H and O–H groups in total. The molecular formula is C27H26N4O4. The molecule has 0 aromatic heterocycles. The molecule has 0 saturated carbocycles. The lowest BCUT2D eigenvalue weighted by Crippen LogP contribution is -2.31. The van der Waals surface area contributed by atoms with Crippen molar-refractivity contribution < 1.29 is 14.8 Å². The van der Waals surface area contributed by atoms with Crippen LogP contribution in [0.15, 0.2) is 72.8 Å². The SMILES string of the molecule is O=C1Nc2ccc([N+](=O)[O-])cc2C1=C(Nc1ccc(CN2CCCC2CO)cc1)c1ccccc1. The topological polar surface area (TPSA) is 108 Å². The fourth-order valence-corrected chi connectivity index (χ4v) is 4.78. The number of benzene rings is 3. The van der Waals surface area contributed by atoms with E-state index in [9.17, 15) is 20.0 Å². The fourth-order valence-electron chi connectivity index (χ4n) is 4.78. The monoisotopic (exact) mass is 470 g/mol. The van der Waals surface area contributed by atoms with Crippen molar-refractivity contribution in [1.82, 2.24) is 4.90 Å². The van der Waals surface area contributed by atoms with E-state index in [1.807, 2.05) is 54.6 Å². The predicted octanol–water partition coefficient (Wildman–Crippen LogP) is 4.48. The number of non-ortho nitro benzene ring substituents is 1. The van der Waals surface area contributed by atoms with Crippen LogP contribution in [0.5, 0.6) is 0 Å². The third kappa shape index (κ3) is 4.66. The van der Waals surface area contributed by atoms with E-state index >= 15 is 0 Å². The lowest BCUT2D eigenvalue weighted by Gasteiger charge is -2.22. The van der Waals surface area contributed by atoms with Crippen LogP contribution in [0.2, 0.25) is 0 Å². The molecule has 8 nitrogen and oxygen atoms in total. The molecule has 0 spiro atoms. The summed E-state index contributed by atoms with van der Waals surface area (Å²) in [6.07, 6.45) is 2.12. The van der Waals surface area contributed by atoms with Crippen molar-refractivity contribution >= 4 is 34.2 Å². The van der Waals surface area contributed by atoms with E-state index in [1.54, 1.807) is 6.07 Å². The maximum Gasteiger partial charge on any atom is 0.270 e. The Balaban J connectivity index is 1.49. The third-order valence-electron chi connectivity index (χ3n) is 6.59. The maximum atomic E-state index is 13.0. The molecule has 1 atom stereocenters. The Bertz CT molecular complexity index is 1290. The quantitative estimate of drug-likeness (QED) is 0.267. The van der Waals surface area contributed by atoms with Crippen LogP contribution in [0, 0.1) is 10.1 Å². The molecule has 3 aromatic carbocycles. The lowest BCUT2D eigenvalue weighted by molar-refractivity contribution is -0.384. The molecule has 1 fully saturated rings. The number of fused-ring (bicyclic) bond motifs is 1. The van der Waals surface area contributed by atoms with Gasteiger partial charge in [0.1, 0.15) is 0 Å². The highest BCUT2D eigenvalue weighted by molar-refractivity contribution is 6.37. The second-order valence-corrected chi connectivity index (χ2v) is 8.83. The average molecular weight is 471 g/mol. The summed E-state index contributed by atoms with van der Waals surface area (Å²) in [5.41, 5.74) is 4.65. The Morgan fingerprint density at radius 1 is 1.11 bits per heavy atom. The Morgan fingerprint density at radius 2 is 1.89 bits per heavy atom. The summed E-state index contributed by atoms with van der Waals surface area (Å²) in [4.78, 5) is 26.2. The molecule has 2 aliphatic rings. The number of amides is 1. The molecule has 0 aliphatic carbocycles. The Kier molecular flexibility index (Phi) is 6.31. The highest BCUT2D eigenvalue weighted by Crippen LogP contribution is 2.39. The van der Waals surface area contributed by atoms with Gasteiger partial charge in [-0.15, -0.1) is 0 Å². The minimum Gasteiger partial charge on any atom is -0.395 e. The molecule has 1 unspecified atom stereocenters. The molecule has 1 amide bonds. The molecule has 0 bridgehead atoms. The van der Waals surface area contributed by atoms with Gasteiger partial charge in [0, 0.05) is 41.7 Å². The van der Waals surface area contributed by atoms with Gasteiger partial charge in [-0.3, -0.25) is 19.8 Å². The van der Waals surface area contributed by atoms with E-state index in [-0.39, 0.29) is 24.2 Å². The molecule has 178 valence electrons. The van der Waals surface area contributed by atoms with Crippen molar-refractivity contribution in [2.45, 2.75) is 25.4 Å². The van der Waals surface area contributed by atoms with Gasteiger partial charge in [0.2, 0.25) is 0 Å². The van der Waals surface area contributed by atoms with Crippen LogP contribution < -0.4 is 10.6 Å². The minimum atomic E-state index is -0.462. The van der Waals surface area contributed by atoms with Crippen molar-refractivity contribution in [2.24, 2.45) is 0 Å². The summed E-state index contributed by atoms with van der Waals surface area (Å²) in [6, 6.07) is 22.1. The molecule has 1 saturated heterocycles. The standard InChI is InChI=1S/C27H26N4O4/c32-17-22-7-4-14-30(22)16-18-8-10-20(11-9-18)28-26(19-5-2-1-3-6-19)25-23-15-21(31(34)35)12-13-24(23)29-27(25)33/h1-3,5-6,8-13,15,22,28,32H,4,7,14,16-17H2,(H,29,33). The van der Waals surface area contributed by atoms with E-state index in [2.05, 4.69) is 15.5 Å². The van der Waals surface area contributed by atoms with Gasteiger partial charge in [-0.25, -0.2) is 0 Å². The Labute approximate surface area is 203 Å². The van der Waals surface area contributed by atoms with Gasteiger partial charge in [0.15, 0.2) is 0 Å². The molecule has 2 heterocycles. The van der Waals surface area contributed by atoms with E-state index in [0.29, 0.717) is 22.5 Å². The van der Waals surface area contributed by atoms with Crippen molar-refractivity contribution in [2.75, 3.05) is 23.8 Å². The van der Waals surface area contributed by atoms with Gasteiger partial charge in [-0.2, -0.15) is 0 Å². The summed E-state index contributed by atoms with van der Waals surface area (Å²) in [5, 5.41) is 27.2. The number of nitro benzene ring substituents is 1. The Hall–Kier alpha value is -4.01. The van der Waals surface area contributed by atoms with Gasteiger partial charge >= 0.3 is 0 Å². The molecule has 0 radical (unpaired) electrons. The van der Waals surface area contributed by atoms with Crippen molar-refractivity contribution in [3.05, 3.63) is 99.6 Å². The van der Waals surface area contributed by atoms with E-state index in [4.69, 9.17) is 0 Å². The second-order valence-electron chi connectivity index (χ2n) is 8.83. The largest absolute Gasteiger partial charge is 0.395 e. The lowest BCUT2D eigenvalue weighted by atomic mass is 9.99. The first-order valence-corrected chi connectivity index (χ1v) is 11.6. The number of anilines is 2. The summed E-state index contributed by atoms with van der Waals surface area (Å²) >= 11 is 0. The smallest absolute Gasteiger partial charge is 0.270 e. The zero-order valence-electron chi connectivity index (χ0n) is 19.1. The number of hydrogen-bond acceptors (Lipinski definition) is 6. The molecule has 2 aliphatic heterocycles. The van der Waals surface area contributed by atoms with Gasteiger partial charge in [0.05, 0.1) is 22.8 Å². The average Bonchev–Trinajstić information content (AvgIpc) is 3.46. The first-order valence-electron chi connectivity index (χ1n) is 11.6. The number of carbonyl (C=O) groups excluding carboxylic acids is 1. The highest BCUT2D eigenvalue weighted by atomic mass is 16.6. The van der Waals surface area contributed by atoms with Crippen LogP contribution in [-0.2, 0) is 11.3 Å². The summed E-state index contributed by atoms with van der Waals surface area (Å²) in [7, 11) is 0. The van der Waals surface area contributed by atoms with Gasteiger partial charge in [0.25, 0.3) is 11.6 Å². The number of aliphatic hydroxyl groups is 1. The van der Waals surface area contributed by atoms with Crippen LogP contribution in [0.4, 0.5) is 17.1 Å². The molecule has 35 heavy (non-hydrogen) atoms. The molecule has 5 rings (SSSR count). The molecular weight excluding hydrogens is 444 g/mol. The molecule has 3 aromatic rings. The first-order chi connectivity index (χ1) is 17.0. The second kappa shape index (κ2) is 9.69. The Morgan fingerprint density at radius 3 is 2.60 bits per heavy atom. The van der Waals surface area contributed by atoms with Gasteiger partial charge in [-0.1, -0.05) is 42.5 Å². The van der Waals surface area contributed by atoms with Crippen molar-refractivity contribution in [3.63, 3.8) is 0 Å². The van der Waals surface area contributed by atoms with Crippen LogP contribution in [0.25, 0.3) is 11.3 Å². The number of nitro groups is 1. The molecule has 8 heteroatoms. The number of nitrogens with zero attached hydrogens (tertiary/aromatic N) is 2. The summed E-state index contributed by atoms with van der Waals surface area (Å²) < 4.78 is 0. The summed E-state index contributed by atoms with van der Waals surface area (Å²) in [6.45, 7) is 1.93. The van der Waals surface area contributed by atoms with E-state index in [1.165, 1.54) is 12.1 Å². The maximum absolute atomic E-state index is 13.0. The number of hydrogen-bond donors (Lipinski definition) is 3. The van der Waals surface area contributed by atoms with Crippen LogP contribution >= 0.6 is 0 Å². The zero-order valence-corrected chi connectivity index (χ0v) is 19.1. The number of carbonyl (C=O) groups is 1. The highest BCUT2D eigenvalue weighted by Gasteiger charge is 2.30. The van der Waals surface area contributed by atoms with Gasteiger partial charge in [-0.05, 0) is 48.7 Å². The van der Waals surface area contributed by atoms with E-state index in [0.717, 1.165) is 42.7 Å². The van der Waals surface area contributed by atoms with Crippen molar-refractivity contribution in [1.29, 1.82) is 0 Å². The minimum absolute atomic E-state index is 0.0717. The van der Waals surface area contributed by atoms with Crippen molar-refractivity contribution in [3.8, 4) is 0 Å². The van der Waals surface area contributed by atoms with Crippen LogP contribution in [-0.4, -0.2) is 40.0 Å².